The summed E-state index contributed by atoms with van der Waals surface area (Å²) in [6.45, 7) is 11.3. The highest BCUT2D eigenvalue weighted by Crippen LogP contribution is 2.44. The van der Waals surface area contributed by atoms with Crippen LogP contribution in [0.2, 0.25) is 0 Å². The van der Waals surface area contributed by atoms with Crippen molar-refractivity contribution in [2.75, 3.05) is 13.2 Å². The average molecular weight is 798 g/mol. The summed E-state index contributed by atoms with van der Waals surface area (Å²) >= 11 is 2.01. The maximum absolute atomic E-state index is 14.3. The molecule has 0 radical (unpaired) electrons. The highest BCUT2D eigenvalue weighted by atomic mass is 127. The number of alkyl carbamates (subject to hydrolysis) is 1. The van der Waals surface area contributed by atoms with Crippen molar-refractivity contribution in [1.29, 1.82) is 0 Å². The van der Waals surface area contributed by atoms with Crippen LogP contribution < -0.4 is 20.1 Å². The van der Waals surface area contributed by atoms with E-state index >= 15 is 0 Å². The molecule has 48 heavy (non-hydrogen) atoms. The SMILES string of the molecule is CC(C)(C)COC(=O)N[C@H](C(=O)N1C[C@H](Oc2nccc3ccccc23)C[C@H]1C(=O)N[C@]1(C(=O)NS(=O)(=O)C2CC2)C[C@H]1I)C(C)(C)C. The van der Waals surface area contributed by atoms with Crippen molar-refractivity contribution in [3.8, 4) is 5.88 Å². The topological polar surface area (TPSA) is 173 Å². The van der Waals surface area contributed by atoms with Crippen LogP contribution in [0.3, 0.4) is 0 Å². The molecule has 0 spiro atoms. The molecule has 0 bridgehead atoms. The number of fused-ring (bicyclic) bond motifs is 1. The molecule has 4 amide bonds. The lowest BCUT2D eigenvalue weighted by Crippen LogP contribution is -2.60. The van der Waals surface area contributed by atoms with Gasteiger partial charge in [0, 0.05) is 21.9 Å². The third-order valence-electron chi connectivity index (χ3n) is 8.60. The summed E-state index contributed by atoms with van der Waals surface area (Å²) in [5.41, 5.74) is -2.52. The zero-order valence-corrected chi connectivity index (χ0v) is 31.0. The van der Waals surface area contributed by atoms with Crippen molar-refractivity contribution in [3.63, 3.8) is 0 Å². The number of alkyl halides is 1. The van der Waals surface area contributed by atoms with Crippen molar-refractivity contribution in [2.45, 2.75) is 100 Å². The van der Waals surface area contributed by atoms with Gasteiger partial charge in [0.05, 0.1) is 18.4 Å². The lowest BCUT2D eigenvalue weighted by atomic mass is 9.85. The second-order valence-electron chi connectivity index (χ2n) is 15.2. The number of halogens is 1. The van der Waals surface area contributed by atoms with E-state index in [1.165, 1.54) is 4.90 Å². The molecule has 13 nitrogen and oxygen atoms in total. The van der Waals surface area contributed by atoms with E-state index in [9.17, 15) is 27.6 Å². The van der Waals surface area contributed by atoms with Crippen LogP contribution in [0.4, 0.5) is 4.79 Å². The third-order valence-corrected chi connectivity index (χ3v) is 11.9. The molecule has 0 unspecified atom stereocenters. The molecule has 2 heterocycles. The van der Waals surface area contributed by atoms with Crippen molar-refractivity contribution in [1.82, 2.24) is 25.2 Å². The number of carbonyl (C=O) groups is 4. The van der Waals surface area contributed by atoms with Crippen LogP contribution >= 0.6 is 22.6 Å². The Morgan fingerprint density at radius 2 is 1.75 bits per heavy atom. The fourth-order valence-corrected chi connectivity index (χ4v) is 8.10. The van der Waals surface area contributed by atoms with Gasteiger partial charge in [-0.2, -0.15) is 0 Å². The molecule has 1 aromatic carbocycles. The number of hydrogen-bond donors (Lipinski definition) is 3. The van der Waals surface area contributed by atoms with E-state index in [-0.39, 0.29) is 35.3 Å². The Morgan fingerprint density at radius 3 is 2.35 bits per heavy atom. The van der Waals surface area contributed by atoms with E-state index in [1.54, 1.807) is 27.0 Å². The first-order chi connectivity index (χ1) is 22.3. The lowest BCUT2D eigenvalue weighted by molar-refractivity contribution is -0.142. The van der Waals surface area contributed by atoms with Gasteiger partial charge in [0.25, 0.3) is 5.91 Å². The molecule has 3 fully saturated rings. The van der Waals surface area contributed by atoms with E-state index in [2.05, 4.69) is 20.3 Å². The molecule has 2 aliphatic carbocycles. The molecule has 15 heteroatoms. The number of nitrogens with one attached hydrogen (secondary N) is 3. The molecular weight excluding hydrogens is 753 g/mol. The van der Waals surface area contributed by atoms with Gasteiger partial charge in [0.15, 0.2) is 0 Å². The molecule has 1 saturated heterocycles. The monoisotopic (exact) mass is 797 g/mol. The van der Waals surface area contributed by atoms with Gasteiger partial charge in [0.2, 0.25) is 27.7 Å². The highest BCUT2D eigenvalue weighted by Gasteiger charge is 2.62. The molecule has 1 aliphatic heterocycles. The Labute approximate surface area is 294 Å². The number of pyridine rings is 1. The van der Waals surface area contributed by atoms with E-state index in [0.717, 1.165) is 10.8 Å². The van der Waals surface area contributed by atoms with Crippen molar-refractivity contribution >= 4 is 67.2 Å². The number of ether oxygens (including phenoxy) is 2. The standard InChI is InChI=1S/C33H44IN5O8S/c1-31(2,3)18-46-30(43)36-25(32(4,5)6)28(41)39-17-20(47-27-22-10-8-7-9-19(22)13-14-35-27)15-23(39)26(40)37-33(16-24(33)34)29(42)38-48(44,45)21-11-12-21/h7-10,13-14,20-21,23-25H,11-12,15-18H2,1-6H3,(H,36,43)(H,37,40)(H,38,42)/t20-,23+,24-,25-,33-/m1/s1. The number of carbonyl (C=O) groups excluding carboxylic acids is 4. The van der Waals surface area contributed by atoms with Crippen LogP contribution in [0.25, 0.3) is 10.8 Å². The average Bonchev–Trinajstić information content (AvgIpc) is 3.91. The van der Waals surface area contributed by atoms with Gasteiger partial charge in [-0.25, -0.2) is 18.2 Å². The Bertz CT molecular complexity index is 1700. The second-order valence-corrected chi connectivity index (χ2v) is 18.7. The first-order valence-corrected chi connectivity index (χ1v) is 18.9. The number of hydrogen-bond acceptors (Lipinski definition) is 9. The summed E-state index contributed by atoms with van der Waals surface area (Å²) < 4.78 is 38.7. The summed E-state index contributed by atoms with van der Waals surface area (Å²) in [5.74, 6) is -1.59. The lowest BCUT2D eigenvalue weighted by Gasteiger charge is -2.35. The number of benzene rings is 1. The Hall–Kier alpha value is -3.21. The number of amides is 4. The summed E-state index contributed by atoms with van der Waals surface area (Å²) in [6, 6.07) is 7.23. The molecule has 262 valence electrons. The van der Waals surface area contributed by atoms with E-state index in [1.807, 2.05) is 73.7 Å². The zero-order chi connectivity index (χ0) is 35.2. The first kappa shape index (κ1) is 36.1. The van der Waals surface area contributed by atoms with Crippen LogP contribution in [0.1, 0.15) is 67.2 Å². The smallest absolute Gasteiger partial charge is 0.407 e. The Kier molecular flexibility index (Phi) is 9.96. The van der Waals surface area contributed by atoms with Gasteiger partial charge in [0.1, 0.15) is 23.7 Å². The van der Waals surface area contributed by atoms with Gasteiger partial charge in [-0.3, -0.25) is 19.1 Å². The fraction of sp³-hybridized carbons (Fsp3) is 0.606. The predicted molar refractivity (Wildman–Crippen MR) is 187 cm³/mol. The third kappa shape index (κ3) is 8.14. The normalized spacial score (nSPS) is 24.8. The van der Waals surface area contributed by atoms with Crippen LogP contribution in [-0.2, 0) is 29.1 Å². The number of aromatic nitrogens is 1. The molecule has 3 N–H and O–H groups in total. The number of nitrogens with zero attached hydrogens (tertiary/aromatic N) is 2. The Morgan fingerprint density at radius 1 is 1.08 bits per heavy atom. The van der Waals surface area contributed by atoms with Gasteiger partial charge in [-0.15, -0.1) is 0 Å². The van der Waals surface area contributed by atoms with Crippen LogP contribution in [-0.4, -0.2) is 88.2 Å². The number of likely N-dealkylation sites (tertiary alicyclic amines) is 1. The van der Waals surface area contributed by atoms with E-state index < -0.39 is 68.2 Å². The van der Waals surface area contributed by atoms with Crippen LogP contribution in [0, 0.1) is 10.8 Å². The summed E-state index contributed by atoms with van der Waals surface area (Å²) in [5, 5.41) is 6.57. The van der Waals surface area contributed by atoms with Gasteiger partial charge in [-0.1, -0.05) is 82.3 Å². The fourth-order valence-electron chi connectivity index (χ4n) is 5.60. The van der Waals surface area contributed by atoms with Crippen molar-refractivity contribution in [2.24, 2.45) is 10.8 Å². The minimum atomic E-state index is -3.84. The highest BCUT2D eigenvalue weighted by molar-refractivity contribution is 14.1. The second kappa shape index (κ2) is 13.2. The predicted octanol–water partition coefficient (Wildman–Crippen LogP) is 3.44. The van der Waals surface area contributed by atoms with Crippen LogP contribution in [0.15, 0.2) is 36.5 Å². The molecule has 3 aliphatic rings. The minimum Gasteiger partial charge on any atom is -0.472 e. The molecule has 2 aromatic rings. The van der Waals surface area contributed by atoms with E-state index in [0.29, 0.717) is 18.7 Å². The molecular formula is C33H44IN5O8S. The largest absolute Gasteiger partial charge is 0.472 e. The molecule has 2 saturated carbocycles. The minimum absolute atomic E-state index is 0.00393. The maximum Gasteiger partial charge on any atom is 0.407 e. The first-order valence-electron chi connectivity index (χ1n) is 16.1. The summed E-state index contributed by atoms with van der Waals surface area (Å²) in [7, 11) is -3.84. The number of sulfonamides is 1. The summed E-state index contributed by atoms with van der Waals surface area (Å²) in [6.07, 6.45) is 1.46. The van der Waals surface area contributed by atoms with Crippen molar-refractivity contribution < 1.29 is 37.1 Å². The quantitative estimate of drug-likeness (QED) is 0.241. The van der Waals surface area contributed by atoms with Gasteiger partial charge < -0.3 is 25.0 Å². The van der Waals surface area contributed by atoms with Crippen LogP contribution in [0.5, 0.6) is 5.88 Å². The zero-order valence-electron chi connectivity index (χ0n) is 28.0. The van der Waals surface area contributed by atoms with Gasteiger partial charge in [-0.05, 0) is 47.6 Å². The number of rotatable bonds is 10. The molecule has 5 rings (SSSR count). The van der Waals surface area contributed by atoms with Gasteiger partial charge >= 0.3 is 6.09 Å². The molecule has 1 aromatic heterocycles. The van der Waals surface area contributed by atoms with E-state index in [4.69, 9.17) is 9.47 Å². The Balaban J connectivity index is 1.40. The summed E-state index contributed by atoms with van der Waals surface area (Å²) in [4.78, 5) is 60.4. The van der Waals surface area contributed by atoms with Crippen molar-refractivity contribution in [3.05, 3.63) is 36.5 Å². The maximum atomic E-state index is 14.3. The molecule has 5 atom stereocenters.